The largest absolute Gasteiger partial charge is 0.360 e. The number of anilines is 1. The maximum Gasteiger partial charge on any atom is 0.237 e. The summed E-state index contributed by atoms with van der Waals surface area (Å²) in [5.41, 5.74) is 1.68. The smallest absolute Gasteiger partial charge is 0.237 e. The molecule has 1 N–H and O–H groups in total. The van der Waals surface area contributed by atoms with Gasteiger partial charge < -0.3 is 9.84 Å². The Morgan fingerprint density at radius 3 is 2.62 bits per heavy atom. The Morgan fingerprint density at radius 2 is 1.88 bits per heavy atom. The highest BCUT2D eigenvalue weighted by atomic mass is 32.2. The van der Waals surface area contributed by atoms with Crippen LogP contribution in [-0.2, 0) is 10.5 Å². The number of hydrogen-bond donors (Lipinski definition) is 1. The van der Waals surface area contributed by atoms with Crippen LogP contribution in [0.4, 0.5) is 5.69 Å². The molecule has 3 aromatic rings. The van der Waals surface area contributed by atoms with Crippen LogP contribution in [0.1, 0.15) is 18.4 Å². The number of aromatic nitrogens is 1. The van der Waals surface area contributed by atoms with Gasteiger partial charge in [-0.3, -0.25) is 4.79 Å². The number of amides is 1. The third-order valence-corrected chi connectivity index (χ3v) is 5.89. The van der Waals surface area contributed by atoms with E-state index in [0.717, 1.165) is 26.9 Å². The van der Waals surface area contributed by atoms with Gasteiger partial charge in [0.15, 0.2) is 0 Å². The Kier molecular flexibility index (Phi) is 6.41. The number of rotatable bonds is 7. The molecule has 3 rings (SSSR count). The van der Waals surface area contributed by atoms with Crippen LogP contribution < -0.4 is 5.32 Å². The molecule has 6 heteroatoms. The van der Waals surface area contributed by atoms with Crippen LogP contribution in [0.15, 0.2) is 75.0 Å². The van der Waals surface area contributed by atoms with E-state index < -0.39 is 0 Å². The molecule has 0 aliphatic carbocycles. The first-order chi connectivity index (χ1) is 12.6. The SMILES string of the molecule is Cc1cc(CSC(C)C(=O)Nc2ccccc2Sc2ccccc2)on1. The summed E-state index contributed by atoms with van der Waals surface area (Å²) >= 11 is 3.16. The first kappa shape index (κ1) is 18.6. The molecule has 0 fully saturated rings. The second-order valence-corrected chi connectivity index (χ2v) is 8.23. The van der Waals surface area contributed by atoms with Gasteiger partial charge in [0, 0.05) is 15.9 Å². The van der Waals surface area contributed by atoms with Crippen molar-refractivity contribution in [3.05, 3.63) is 72.1 Å². The van der Waals surface area contributed by atoms with E-state index in [2.05, 4.69) is 22.6 Å². The Labute approximate surface area is 161 Å². The predicted molar refractivity (Wildman–Crippen MR) is 108 cm³/mol. The quantitative estimate of drug-likeness (QED) is 0.591. The molecule has 1 atom stereocenters. The van der Waals surface area contributed by atoms with Crippen LogP contribution in [0.5, 0.6) is 0 Å². The average molecular weight is 385 g/mol. The van der Waals surface area contributed by atoms with Gasteiger partial charge in [-0.1, -0.05) is 47.3 Å². The van der Waals surface area contributed by atoms with Crippen molar-refractivity contribution < 1.29 is 9.32 Å². The van der Waals surface area contributed by atoms with Crippen molar-refractivity contribution in [1.29, 1.82) is 0 Å². The number of nitrogens with one attached hydrogen (secondary N) is 1. The van der Waals surface area contributed by atoms with Gasteiger partial charge in [-0.15, -0.1) is 11.8 Å². The molecule has 4 nitrogen and oxygen atoms in total. The van der Waals surface area contributed by atoms with Gasteiger partial charge in [-0.25, -0.2) is 0 Å². The lowest BCUT2D eigenvalue weighted by Gasteiger charge is -2.14. The molecule has 134 valence electrons. The summed E-state index contributed by atoms with van der Waals surface area (Å²) in [6, 6.07) is 19.9. The van der Waals surface area contributed by atoms with Crippen LogP contribution in [0, 0.1) is 6.92 Å². The molecule has 0 bridgehead atoms. The van der Waals surface area contributed by atoms with Crippen LogP contribution >= 0.6 is 23.5 Å². The summed E-state index contributed by atoms with van der Waals surface area (Å²) in [6.45, 7) is 3.78. The minimum Gasteiger partial charge on any atom is -0.360 e. The predicted octanol–water partition coefficient (Wildman–Crippen LogP) is 5.39. The molecule has 1 aromatic heterocycles. The normalized spacial score (nSPS) is 11.9. The lowest BCUT2D eigenvalue weighted by molar-refractivity contribution is -0.115. The van der Waals surface area contributed by atoms with Crippen molar-refractivity contribution in [1.82, 2.24) is 5.16 Å². The topological polar surface area (TPSA) is 55.1 Å². The first-order valence-electron chi connectivity index (χ1n) is 8.28. The number of hydrogen-bond acceptors (Lipinski definition) is 5. The van der Waals surface area contributed by atoms with E-state index in [1.807, 2.05) is 62.4 Å². The molecular weight excluding hydrogens is 364 g/mol. The molecule has 26 heavy (non-hydrogen) atoms. The molecular formula is C20H20N2O2S2. The molecule has 2 aromatic carbocycles. The maximum absolute atomic E-state index is 12.6. The van der Waals surface area contributed by atoms with Crippen LogP contribution in [0.2, 0.25) is 0 Å². The molecule has 0 saturated carbocycles. The van der Waals surface area contributed by atoms with E-state index >= 15 is 0 Å². The van der Waals surface area contributed by atoms with Crippen molar-refractivity contribution in [2.45, 2.75) is 34.6 Å². The number of benzene rings is 2. The second-order valence-electron chi connectivity index (χ2n) is 5.79. The van der Waals surface area contributed by atoms with E-state index in [9.17, 15) is 4.79 Å². The van der Waals surface area contributed by atoms with Crippen LogP contribution in [-0.4, -0.2) is 16.3 Å². The number of aryl methyl sites for hydroxylation is 1. The van der Waals surface area contributed by atoms with Crippen LogP contribution in [0.25, 0.3) is 0 Å². The Balaban J connectivity index is 1.61. The lowest BCUT2D eigenvalue weighted by atomic mass is 10.3. The van der Waals surface area contributed by atoms with Crippen molar-refractivity contribution in [2.24, 2.45) is 0 Å². The summed E-state index contributed by atoms with van der Waals surface area (Å²) in [4.78, 5) is 14.7. The van der Waals surface area contributed by atoms with E-state index in [-0.39, 0.29) is 11.2 Å². The van der Waals surface area contributed by atoms with E-state index in [1.54, 1.807) is 11.8 Å². The molecule has 0 radical (unpaired) electrons. The zero-order valence-electron chi connectivity index (χ0n) is 14.6. The highest BCUT2D eigenvalue weighted by Gasteiger charge is 2.16. The van der Waals surface area contributed by atoms with E-state index in [0.29, 0.717) is 5.75 Å². The van der Waals surface area contributed by atoms with Crippen molar-refractivity contribution in [3.8, 4) is 0 Å². The average Bonchev–Trinajstić information content (AvgIpc) is 3.07. The highest BCUT2D eigenvalue weighted by Crippen LogP contribution is 2.33. The van der Waals surface area contributed by atoms with Gasteiger partial charge in [0.05, 0.1) is 22.4 Å². The van der Waals surface area contributed by atoms with Crippen LogP contribution in [0.3, 0.4) is 0 Å². The van der Waals surface area contributed by atoms with Gasteiger partial charge in [0.1, 0.15) is 5.76 Å². The first-order valence-corrected chi connectivity index (χ1v) is 10.1. The minimum atomic E-state index is -0.199. The van der Waals surface area contributed by atoms with Gasteiger partial charge in [-0.2, -0.15) is 0 Å². The fourth-order valence-electron chi connectivity index (χ4n) is 2.28. The molecule has 1 amide bonds. The zero-order chi connectivity index (χ0) is 18.4. The molecule has 0 saturated heterocycles. The minimum absolute atomic E-state index is 0.0210. The highest BCUT2D eigenvalue weighted by molar-refractivity contribution is 8.00. The second kappa shape index (κ2) is 8.96. The third-order valence-electron chi connectivity index (χ3n) is 3.64. The van der Waals surface area contributed by atoms with Gasteiger partial charge >= 0.3 is 0 Å². The number of nitrogens with zero attached hydrogens (tertiary/aromatic N) is 1. The van der Waals surface area contributed by atoms with Gasteiger partial charge in [0.2, 0.25) is 5.91 Å². The number of para-hydroxylation sites is 1. The molecule has 0 aliphatic heterocycles. The Hall–Kier alpha value is -2.18. The molecule has 0 aliphatic rings. The fourth-order valence-corrected chi connectivity index (χ4v) is 3.96. The monoisotopic (exact) mass is 384 g/mol. The van der Waals surface area contributed by atoms with Gasteiger partial charge in [0.25, 0.3) is 0 Å². The maximum atomic E-state index is 12.6. The van der Waals surface area contributed by atoms with Crippen molar-refractivity contribution >= 4 is 35.1 Å². The molecule has 1 heterocycles. The third kappa shape index (κ3) is 5.16. The molecule has 0 spiro atoms. The summed E-state index contributed by atoms with van der Waals surface area (Å²) in [5.74, 6) is 1.38. The zero-order valence-corrected chi connectivity index (χ0v) is 16.3. The summed E-state index contributed by atoms with van der Waals surface area (Å²) < 4.78 is 5.19. The summed E-state index contributed by atoms with van der Waals surface area (Å²) in [6.07, 6.45) is 0. The van der Waals surface area contributed by atoms with Crippen molar-refractivity contribution in [2.75, 3.05) is 5.32 Å². The standard InChI is InChI=1S/C20H20N2O2S2/c1-14-12-16(24-22-14)13-25-15(2)20(23)21-18-10-6-7-11-19(18)26-17-8-4-3-5-9-17/h3-12,15H,13H2,1-2H3,(H,21,23). The van der Waals surface area contributed by atoms with E-state index in [1.165, 1.54) is 11.8 Å². The fraction of sp³-hybridized carbons (Fsp3) is 0.200. The molecule has 1 unspecified atom stereocenters. The summed E-state index contributed by atoms with van der Waals surface area (Å²) in [7, 11) is 0. The summed E-state index contributed by atoms with van der Waals surface area (Å²) in [5, 5.41) is 6.71. The van der Waals surface area contributed by atoms with Gasteiger partial charge in [-0.05, 0) is 38.1 Å². The number of carbonyl (C=O) groups excluding carboxylic acids is 1. The lowest BCUT2D eigenvalue weighted by Crippen LogP contribution is -2.22. The number of thioether (sulfide) groups is 1. The Bertz CT molecular complexity index is 865. The Morgan fingerprint density at radius 1 is 1.15 bits per heavy atom. The van der Waals surface area contributed by atoms with E-state index in [4.69, 9.17) is 4.52 Å². The number of carbonyl (C=O) groups is 1. The van der Waals surface area contributed by atoms with Crippen molar-refractivity contribution in [3.63, 3.8) is 0 Å².